The van der Waals surface area contributed by atoms with E-state index in [0.717, 1.165) is 5.56 Å². The molecule has 1 heterocycles. The first kappa shape index (κ1) is 16.5. The van der Waals surface area contributed by atoms with Crippen LogP contribution in [0.5, 0.6) is 11.5 Å². The Hall–Kier alpha value is -2.89. The van der Waals surface area contributed by atoms with Crippen LogP contribution in [0.25, 0.3) is 5.83 Å². The van der Waals surface area contributed by atoms with E-state index in [4.69, 9.17) is 4.74 Å². The van der Waals surface area contributed by atoms with Crippen LogP contribution in [0.3, 0.4) is 0 Å². The highest BCUT2D eigenvalue weighted by Gasteiger charge is 2.16. The summed E-state index contributed by atoms with van der Waals surface area (Å²) in [5.41, 5.74) is 1.36. The number of phenols is 1. The summed E-state index contributed by atoms with van der Waals surface area (Å²) < 4.78 is 18.4. The number of hydrogen-bond donors (Lipinski definition) is 2. The summed E-state index contributed by atoms with van der Waals surface area (Å²) in [7, 11) is 1.53. The van der Waals surface area contributed by atoms with Crippen LogP contribution in [0.1, 0.15) is 27.0 Å². The zero-order chi connectivity index (χ0) is 17.1. The molecule has 0 bridgehead atoms. The molecule has 0 unspecified atom stereocenters. The molecule has 0 saturated carbocycles. The van der Waals surface area contributed by atoms with E-state index >= 15 is 0 Å². The molecular weight excluding hydrogens is 299 g/mol. The van der Waals surface area contributed by atoms with Crippen LogP contribution in [0.4, 0.5) is 10.2 Å². The highest BCUT2D eigenvalue weighted by molar-refractivity contribution is 6.05. The van der Waals surface area contributed by atoms with Gasteiger partial charge in [-0.25, -0.2) is 9.37 Å². The number of amides is 1. The van der Waals surface area contributed by atoms with E-state index in [2.05, 4.69) is 16.9 Å². The first-order valence-corrected chi connectivity index (χ1v) is 6.84. The number of aromatic nitrogens is 1. The molecule has 0 aliphatic heterocycles. The molecule has 120 valence electrons. The molecule has 0 aliphatic rings. The SMILES string of the molecule is C=C(F)c1cc(C(=O)Nc2ncc(OC)cc2C)c(C)cc1O. The minimum Gasteiger partial charge on any atom is -0.507 e. The second-order valence-electron chi connectivity index (χ2n) is 5.08. The third-order valence-electron chi connectivity index (χ3n) is 3.40. The number of methoxy groups -OCH3 is 1. The van der Waals surface area contributed by atoms with Gasteiger partial charge in [0, 0.05) is 5.56 Å². The number of anilines is 1. The highest BCUT2D eigenvalue weighted by atomic mass is 19.1. The van der Waals surface area contributed by atoms with Gasteiger partial charge >= 0.3 is 0 Å². The lowest BCUT2D eigenvalue weighted by molar-refractivity contribution is 0.102. The molecule has 0 spiro atoms. The van der Waals surface area contributed by atoms with Gasteiger partial charge in [0.05, 0.1) is 18.9 Å². The standard InChI is InChI=1S/C17H17FN2O3/c1-9-6-15(21)14(11(3)18)7-13(9)17(22)20-16-10(2)5-12(23-4)8-19-16/h5-8,21H,3H2,1-2,4H3,(H,19,20,22). The number of aryl methyl sites for hydroxylation is 2. The van der Waals surface area contributed by atoms with E-state index < -0.39 is 11.7 Å². The van der Waals surface area contributed by atoms with E-state index in [1.165, 1.54) is 25.4 Å². The Balaban J connectivity index is 2.34. The van der Waals surface area contributed by atoms with Crippen molar-refractivity contribution in [1.29, 1.82) is 0 Å². The van der Waals surface area contributed by atoms with Gasteiger partial charge in [-0.15, -0.1) is 0 Å². The predicted molar refractivity (Wildman–Crippen MR) is 86.5 cm³/mol. The topological polar surface area (TPSA) is 71.5 Å². The predicted octanol–water partition coefficient (Wildman–Crippen LogP) is 3.61. The maximum atomic E-state index is 13.3. The van der Waals surface area contributed by atoms with Crippen LogP contribution < -0.4 is 10.1 Å². The lowest BCUT2D eigenvalue weighted by Crippen LogP contribution is -2.15. The fraction of sp³-hybridized carbons (Fsp3) is 0.176. The van der Waals surface area contributed by atoms with Gasteiger partial charge in [0.25, 0.3) is 5.91 Å². The van der Waals surface area contributed by atoms with Crippen LogP contribution in [0.15, 0.2) is 31.0 Å². The van der Waals surface area contributed by atoms with Gasteiger partial charge in [-0.05, 0) is 43.2 Å². The summed E-state index contributed by atoms with van der Waals surface area (Å²) in [6, 6.07) is 4.33. The monoisotopic (exact) mass is 316 g/mol. The second-order valence-corrected chi connectivity index (χ2v) is 5.08. The fourth-order valence-corrected chi connectivity index (χ4v) is 2.12. The van der Waals surface area contributed by atoms with Crippen molar-refractivity contribution < 1.29 is 19.0 Å². The molecule has 0 saturated heterocycles. The summed E-state index contributed by atoms with van der Waals surface area (Å²) in [5.74, 6) is -0.562. The van der Waals surface area contributed by atoms with Gasteiger partial charge < -0.3 is 15.2 Å². The number of ether oxygens (including phenoxy) is 1. The van der Waals surface area contributed by atoms with Crippen LogP contribution in [0.2, 0.25) is 0 Å². The minimum absolute atomic E-state index is 0.111. The normalized spacial score (nSPS) is 10.3. The Morgan fingerprint density at radius 3 is 2.52 bits per heavy atom. The third-order valence-corrected chi connectivity index (χ3v) is 3.40. The molecule has 0 aliphatic carbocycles. The number of hydrogen-bond acceptors (Lipinski definition) is 4. The third kappa shape index (κ3) is 3.48. The van der Waals surface area contributed by atoms with Crippen molar-refractivity contribution in [3.63, 3.8) is 0 Å². The van der Waals surface area contributed by atoms with E-state index in [-0.39, 0.29) is 16.9 Å². The molecule has 2 rings (SSSR count). The number of aromatic hydroxyl groups is 1. The van der Waals surface area contributed by atoms with E-state index in [0.29, 0.717) is 17.1 Å². The molecule has 2 aromatic rings. The maximum absolute atomic E-state index is 13.3. The van der Waals surface area contributed by atoms with Crippen LogP contribution in [0, 0.1) is 13.8 Å². The van der Waals surface area contributed by atoms with Crippen molar-refractivity contribution in [2.24, 2.45) is 0 Å². The number of halogens is 1. The molecule has 5 nitrogen and oxygen atoms in total. The first-order valence-electron chi connectivity index (χ1n) is 6.84. The Kier molecular flexibility index (Phi) is 4.64. The van der Waals surface area contributed by atoms with Crippen LogP contribution >= 0.6 is 0 Å². The van der Waals surface area contributed by atoms with E-state index in [1.807, 2.05) is 0 Å². The van der Waals surface area contributed by atoms with Crippen molar-refractivity contribution in [3.05, 3.63) is 53.2 Å². The molecular formula is C17H17FN2O3. The maximum Gasteiger partial charge on any atom is 0.257 e. The van der Waals surface area contributed by atoms with Gasteiger partial charge in [0.15, 0.2) is 0 Å². The highest BCUT2D eigenvalue weighted by Crippen LogP contribution is 2.29. The average molecular weight is 316 g/mol. The molecule has 0 atom stereocenters. The van der Waals surface area contributed by atoms with Crippen LogP contribution in [-0.4, -0.2) is 23.1 Å². The van der Waals surface area contributed by atoms with Crippen molar-refractivity contribution in [3.8, 4) is 11.5 Å². The molecule has 0 radical (unpaired) electrons. The second kappa shape index (κ2) is 6.48. The van der Waals surface area contributed by atoms with E-state index in [9.17, 15) is 14.3 Å². The minimum atomic E-state index is -0.810. The van der Waals surface area contributed by atoms with Crippen molar-refractivity contribution in [2.45, 2.75) is 13.8 Å². The van der Waals surface area contributed by atoms with Crippen molar-refractivity contribution >= 4 is 17.6 Å². The molecule has 1 amide bonds. The lowest BCUT2D eigenvalue weighted by Gasteiger charge is -2.12. The Labute approximate surface area is 133 Å². The van der Waals surface area contributed by atoms with Crippen molar-refractivity contribution in [1.82, 2.24) is 4.98 Å². The van der Waals surface area contributed by atoms with Gasteiger partial charge in [-0.2, -0.15) is 0 Å². The number of phenolic OH excluding ortho intramolecular Hbond substituents is 1. The number of benzene rings is 1. The largest absolute Gasteiger partial charge is 0.507 e. The molecule has 0 fully saturated rings. The zero-order valence-corrected chi connectivity index (χ0v) is 13.1. The fourth-order valence-electron chi connectivity index (χ4n) is 2.12. The van der Waals surface area contributed by atoms with Gasteiger partial charge in [-0.1, -0.05) is 6.58 Å². The molecule has 23 heavy (non-hydrogen) atoms. The smallest absolute Gasteiger partial charge is 0.257 e. The molecule has 2 N–H and O–H groups in total. The average Bonchev–Trinajstić information content (AvgIpc) is 2.48. The summed E-state index contributed by atoms with van der Waals surface area (Å²) in [6.45, 7) is 6.58. The number of nitrogens with zero attached hydrogens (tertiary/aromatic N) is 1. The van der Waals surface area contributed by atoms with Gasteiger partial charge in [0.2, 0.25) is 0 Å². The molecule has 1 aromatic carbocycles. The first-order chi connectivity index (χ1) is 10.8. The van der Waals surface area contributed by atoms with E-state index in [1.54, 1.807) is 19.9 Å². The number of carbonyl (C=O) groups excluding carboxylic acids is 1. The zero-order valence-electron chi connectivity index (χ0n) is 13.1. The summed E-state index contributed by atoms with van der Waals surface area (Å²) in [6.07, 6.45) is 1.49. The number of rotatable bonds is 4. The van der Waals surface area contributed by atoms with Crippen molar-refractivity contribution in [2.75, 3.05) is 12.4 Å². The number of pyridine rings is 1. The van der Waals surface area contributed by atoms with Crippen LogP contribution in [-0.2, 0) is 0 Å². The Morgan fingerprint density at radius 1 is 1.26 bits per heavy atom. The van der Waals surface area contributed by atoms with Gasteiger partial charge in [-0.3, -0.25) is 4.79 Å². The summed E-state index contributed by atoms with van der Waals surface area (Å²) in [4.78, 5) is 16.5. The Bertz CT molecular complexity index is 788. The summed E-state index contributed by atoms with van der Waals surface area (Å²) in [5, 5.41) is 12.4. The molecule has 6 heteroatoms. The number of carbonyl (C=O) groups is 1. The summed E-state index contributed by atoms with van der Waals surface area (Å²) >= 11 is 0. The van der Waals surface area contributed by atoms with Gasteiger partial charge in [0.1, 0.15) is 23.1 Å². The number of nitrogens with one attached hydrogen (secondary N) is 1. The molecule has 1 aromatic heterocycles. The lowest BCUT2D eigenvalue weighted by atomic mass is 10.0. The quantitative estimate of drug-likeness (QED) is 0.904. The Morgan fingerprint density at radius 2 is 1.96 bits per heavy atom.